The van der Waals surface area contributed by atoms with Crippen LogP contribution in [0.4, 0.5) is 0 Å². The maximum absolute atomic E-state index is 10.3. The van der Waals surface area contributed by atoms with Crippen molar-refractivity contribution in [3.05, 3.63) is 57.6 Å². The molecule has 3 heteroatoms. The molecule has 0 atom stereocenters. The van der Waals surface area contributed by atoms with Gasteiger partial charge < -0.3 is 10.2 Å². The normalized spacial score (nSPS) is 12.0. The van der Waals surface area contributed by atoms with Crippen LogP contribution in [0.2, 0.25) is 0 Å². The molecule has 0 amide bonds. The molecule has 0 aromatic heterocycles. The fourth-order valence-corrected chi connectivity index (χ4v) is 4.48. The summed E-state index contributed by atoms with van der Waals surface area (Å²) in [6.45, 7) is 14.9. The number of aryl methyl sites for hydroxylation is 2. The van der Waals surface area contributed by atoms with Crippen LogP contribution in [0, 0.1) is 19.8 Å². The van der Waals surface area contributed by atoms with Crippen molar-refractivity contribution < 1.29 is 10.2 Å². The van der Waals surface area contributed by atoms with E-state index in [2.05, 4.69) is 60.6 Å². The number of phenolic OH excluding ortho intramolecular Hbond substituents is 2. The summed E-state index contributed by atoms with van der Waals surface area (Å²) in [6, 6.07) is 8.12. The summed E-state index contributed by atoms with van der Waals surface area (Å²) in [4.78, 5) is 0. The minimum atomic E-state index is -0.0729. The molecule has 2 aromatic carbocycles. The van der Waals surface area contributed by atoms with E-state index in [9.17, 15) is 10.2 Å². The molecular weight excluding hydrogens is 352 g/mol. The van der Waals surface area contributed by atoms with Gasteiger partial charge in [-0.2, -0.15) is 11.8 Å². The van der Waals surface area contributed by atoms with Crippen LogP contribution in [0.3, 0.4) is 0 Å². The van der Waals surface area contributed by atoms with Crippen molar-refractivity contribution in [3.63, 3.8) is 0 Å². The first-order valence-corrected chi connectivity index (χ1v) is 10.9. The van der Waals surface area contributed by atoms with Gasteiger partial charge in [-0.05, 0) is 77.1 Å². The number of rotatable bonds is 6. The number of hydrogen-bond donors (Lipinski definition) is 2. The van der Waals surface area contributed by atoms with Gasteiger partial charge in [0, 0.05) is 11.5 Å². The fraction of sp³-hybridized carbons (Fsp3) is 0.500. The lowest BCUT2D eigenvalue weighted by Crippen LogP contribution is -2.12. The van der Waals surface area contributed by atoms with Gasteiger partial charge in [0.25, 0.3) is 0 Å². The summed E-state index contributed by atoms with van der Waals surface area (Å²) >= 11 is 1.88. The highest BCUT2D eigenvalue weighted by Crippen LogP contribution is 2.35. The second-order valence-electron chi connectivity index (χ2n) is 9.04. The molecule has 0 aliphatic heterocycles. The molecule has 0 unspecified atom stereocenters. The Morgan fingerprint density at radius 2 is 1.33 bits per heavy atom. The van der Waals surface area contributed by atoms with Gasteiger partial charge in [0.1, 0.15) is 11.5 Å². The minimum Gasteiger partial charge on any atom is -0.508 e. The van der Waals surface area contributed by atoms with Crippen molar-refractivity contribution in [1.29, 1.82) is 0 Å². The monoisotopic (exact) mass is 386 g/mol. The molecule has 2 N–H and O–H groups in total. The van der Waals surface area contributed by atoms with E-state index in [-0.39, 0.29) is 5.41 Å². The highest BCUT2D eigenvalue weighted by Gasteiger charge is 2.19. The number of aromatic hydroxyl groups is 2. The zero-order valence-corrected chi connectivity index (χ0v) is 18.6. The van der Waals surface area contributed by atoms with Crippen LogP contribution in [0.15, 0.2) is 24.3 Å². The van der Waals surface area contributed by atoms with Crippen molar-refractivity contribution in [2.75, 3.05) is 0 Å². The lowest BCUT2D eigenvalue weighted by Gasteiger charge is -2.22. The van der Waals surface area contributed by atoms with Gasteiger partial charge in [0.05, 0.1) is 0 Å². The zero-order chi connectivity index (χ0) is 20.4. The lowest BCUT2D eigenvalue weighted by atomic mass is 9.84. The molecule has 0 saturated carbocycles. The molecule has 0 bridgehead atoms. The lowest BCUT2D eigenvalue weighted by molar-refractivity contribution is 0.446. The maximum Gasteiger partial charge on any atom is 0.119 e. The largest absolute Gasteiger partial charge is 0.508 e. The van der Waals surface area contributed by atoms with Gasteiger partial charge in [0.2, 0.25) is 0 Å². The average Bonchev–Trinajstić information content (AvgIpc) is 2.51. The van der Waals surface area contributed by atoms with Crippen LogP contribution in [-0.2, 0) is 23.3 Å². The molecule has 148 valence electrons. The highest BCUT2D eigenvalue weighted by molar-refractivity contribution is 7.97. The Balaban J connectivity index is 2.15. The first kappa shape index (κ1) is 21.7. The predicted molar refractivity (Wildman–Crippen MR) is 118 cm³/mol. The number of thioether (sulfide) groups is 1. The van der Waals surface area contributed by atoms with E-state index in [1.807, 2.05) is 23.9 Å². The van der Waals surface area contributed by atoms with E-state index in [4.69, 9.17) is 0 Å². The van der Waals surface area contributed by atoms with Crippen LogP contribution in [-0.4, -0.2) is 10.2 Å². The first-order valence-electron chi connectivity index (χ1n) is 9.71. The Morgan fingerprint density at radius 3 is 1.85 bits per heavy atom. The molecule has 0 fully saturated rings. The highest BCUT2D eigenvalue weighted by atomic mass is 32.2. The standard InChI is InChI=1S/C24H34O2S/c1-15(2)8-18-11-19(16(3)9-22(18)25)13-27-14-20-12-21(24(5,6)7)23(26)10-17(20)4/h9-12,15,25-26H,8,13-14H2,1-7H3. The fourth-order valence-electron chi connectivity index (χ4n) is 3.31. The molecule has 0 aliphatic rings. The summed E-state index contributed by atoms with van der Waals surface area (Å²) in [6.07, 6.45) is 0.899. The Kier molecular flexibility index (Phi) is 6.91. The van der Waals surface area contributed by atoms with E-state index in [0.717, 1.165) is 40.2 Å². The minimum absolute atomic E-state index is 0.0729. The van der Waals surface area contributed by atoms with E-state index < -0.39 is 0 Å². The number of phenols is 2. The third kappa shape index (κ3) is 5.68. The van der Waals surface area contributed by atoms with E-state index in [0.29, 0.717) is 17.4 Å². The average molecular weight is 387 g/mol. The van der Waals surface area contributed by atoms with Crippen LogP contribution in [0.5, 0.6) is 11.5 Å². The van der Waals surface area contributed by atoms with Crippen molar-refractivity contribution in [3.8, 4) is 11.5 Å². The van der Waals surface area contributed by atoms with Gasteiger partial charge in [-0.25, -0.2) is 0 Å². The van der Waals surface area contributed by atoms with Crippen LogP contribution < -0.4 is 0 Å². The molecular formula is C24H34O2S. The third-order valence-electron chi connectivity index (χ3n) is 4.94. The molecule has 0 aliphatic carbocycles. The molecule has 2 rings (SSSR count). The third-order valence-corrected chi connectivity index (χ3v) is 5.97. The Morgan fingerprint density at radius 1 is 0.815 bits per heavy atom. The summed E-state index contributed by atoms with van der Waals surface area (Å²) in [5.41, 5.74) is 6.82. The van der Waals surface area contributed by atoms with Gasteiger partial charge >= 0.3 is 0 Å². The van der Waals surface area contributed by atoms with Crippen LogP contribution in [0.1, 0.15) is 68.0 Å². The smallest absolute Gasteiger partial charge is 0.119 e. The quantitative estimate of drug-likeness (QED) is 0.584. The van der Waals surface area contributed by atoms with Gasteiger partial charge in [-0.15, -0.1) is 0 Å². The second kappa shape index (κ2) is 8.60. The van der Waals surface area contributed by atoms with Crippen molar-refractivity contribution in [2.24, 2.45) is 5.92 Å². The molecule has 0 radical (unpaired) electrons. The van der Waals surface area contributed by atoms with Gasteiger partial charge in [-0.3, -0.25) is 0 Å². The Bertz CT molecular complexity index is 801. The summed E-state index contributed by atoms with van der Waals surface area (Å²) in [5.74, 6) is 3.16. The van der Waals surface area contributed by atoms with Crippen molar-refractivity contribution in [2.45, 2.75) is 71.8 Å². The molecule has 2 nitrogen and oxygen atoms in total. The summed E-state index contributed by atoms with van der Waals surface area (Å²) in [7, 11) is 0. The van der Waals surface area contributed by atoms with Crippen molar-refractivity contribution >= 4 is 11.8 Å². The molecule has 2 aromatic rings. The van der Waals surface area contributed by atoms with E-state index in [1.54, 1.807) is 0 Å². The van der Waals surface area contributed by atoms with E-state index in [1.165, 1.54) is 11.1 Å². The van der Waals surface area contributed by atoms with E-state index >= 15 is 0 Å². The number of hydrogen-bond acceptors (Lipinski definition) is 3. The Hall–Kier alpha value is -1.61. The topological polar surface area (TPSA) is 40.5 Å². The maximum atomic E-state index is 10.3. The predicted octanol–water partition coefficient (Wildman–Crippen LogP) is 6.64. The summed E-state index contributed by atoms with van der Waals surface area (Å²) < 4.78 is 0. The first-order chi connectivity index (χ1) is 12.5. The molecule has 0 spiro atoms. The second-order valence-corrected chi connectivity index (χ2v) is 10.0. The Labute approximate surface area is 169 Å². The summed E-state index contributed by atoms with van der Waals surface area (Å²) in [5, 5.41) is 20.5. The number of benzene rings is 2. The van der Waals surface area contributed by atoms with Crippen LogP contribution in [0.25, 0.3) is 0 Å². The van der Waals surface area contributed by atoms with Gasteiger partial charge in [-0.1, -0.05) is 46.8 Å². The molecule has 27 heavy (non-hydrogen) atoms. The van der Waals surface area contributed by atoms with Crippen LogP contribution >= 0.6 is 11.8 Å². The van der Waals surface area contributed by atoms with Gasteiger partial charge in [0.15, 0.2) is 0 Å². The molecule has 0 heterocycles. The zero-order valence-electron chi connectivity index (χ0n) is 17.8. The SMILES string of the molecule is Cc1cc(O)c(CC(C)C)cc1CSCc1cc(C(C)(C)C)c(O)cc1C. The molecule has 0 saturated heterocycles. The van der Waals surface area contributed by atoms with Crippen molar-refractivity contribution in [1.82, 2.24) is 0 Å².